The Hall–Kier alpha value is -2.43. The highest BCUT2D eigenvalue weighted by Gasteiger charge is 2.45. The number of amides is 2. The van der Waals surface area contributed by atoms with Crippen molar-refractivity contribution in [2.45, 2.75) is 44.8 Å². The van der Waals surface area contributed by atoms with E-state index in [1.54, 1.807) is 42.5 Å². The van der Waals surface area contributed by atoms with Crippen LogP contribution in [-0.2, 0) is 19.3 Å². The van der Waals surface area contributed by atoms with E-state index in [1.165, 1.54) is 18.7 Å². The summed E-state index contributed by atoms with van der Waals surface area (Å²) in [5.41, 5.74) is 1.70. The molecule has 1 aliphatic heterocycles. The van der Waals surface area contributed by atoms with Crippen LogP contribution in [0.1, 0.15) is 50.0 Å². The van der Waals surface area contributed by atoms with Crippen LogP contribution in [0.2, 0.25) is 5.02 Å². The summed E-state index contributed by atoms with van der Waals surface area (Å²) in [6.07, 6.45) is 0.183. The summed E-state index contributed by atoms with van der Waals surface area (Å²) in [7, 11) is -2.92. The molecule has 8 heteroatoms. The van der Waals surface area contributed by atoms with E-state index in [0.717, 1.165) is 5.56 Å². The van der Waals surface area contributed by atoms with Crippen molar-refractivity contribution >= 4 is 42.5 Å². The molecule has 29 heavy (non-hydrogen) atoms. The molecule has 2 amide bonds. The van der Waals surface area contributed by atoms with Crippen LogP contribution in [-0.4, -0.2) is 17.1 Å². The molecule has 0 aromatic heterocycles. The maximum absolute atomic E-state index is 12.9. The summed E-state index contributed by atoms with van der Waals surface area (Å²) in [5, 5.41) is 1.92. The Labute approximate surface area is 175 Å². The minimum absolute atomic E-state index is 0.183. The molecule has 0 bridgehead atoms. The highest BCUT2D eigenvalue weighted by molar-refractivity contribution is 7.33. The van der Waals surface area contributed by atoms with Crippen molar-refractivity contribution in [1.82, 2.24) is 0 Å². The molecule has 3 rings (SSSR count). The van der Waals surface area contributed by atoms with E-state index >= 15 is 0 Å². The highest BCUT2D eigenvalue weighted by Crippen LogP contribution is 2.46. The van der Waals surface area contributed by atoms with Crippen molar-refractivity contribution in [2.24, 2.45) is 0 Å². The van der Waals surface area contributed by atoms with Crippen molar-refractivity contribution in [3.05, 3.63) is 58.6 Å². The number of nitrogens with zero attached hydrogens (tertiary/aromatic N) is 1. The van der Waals surface area contributed by atoms with Crippen LogP contribution in [0, 0.1) is 0 Å². The van der Waals surface area contributed by atoms with E-state index in [-0.39, 0.29) is 18.2 Å². The number of carbonyl (C=O) groups is 2. The van der Waals surface area contributed by atoms with Crippen molar-refractivity contribution in [3.63, 3.8) is 0 Å². The Morgan fingerprint density at radius 1 is 1.14 bits per heavy atom. The normalized spacial score (nSPS) is 15.6. The van der Waals surface area contributed by atoms with E-state index < -0.39 is 18.4 Å². The lowest BCUT2D eigenvalue weighted by Crippen LogP contribution is -2.50. The van der Waals surface area contributed by atoms with E-state index in [2.05, 4.69) is 5.32 Å². The first-order chi connectivity index (χ1) is 13.4. The molecule has 0 spiro atoms. The van der Waals surface area contributed by atoms with Crippen molar-refractivity contribution in [1.29, 1.82) is 0 Å². The van der Waals surface area contributed by atoms with E-state index in [1.807, 2.05) is 13.8 Å². The predicted molar refractivity (Wildman–Crippen MR) is 113 cm³/mol. The second-order valence-corrected chi connectivity index (χ2v) is 10.3. The number of benzene rings is 2. The van der Waals surface area contributed by atoms with Gasteiger partial charge in [-0.2, -0.15) is 0 Å². The van der Waals surface area contributed by atoms with Crippen molar-refractivity contribution in [2.75, 3.05) is 10.2 Å². The quantitative estimate of drug-likeness (QED) is 0.645. The molecule has 2 aromatic carbocycles. The van der Waals surface area contributed by atoms with Gasteiger partial charge in [0.25, 0.3) is 5.91 Å². The van der Waals surface area contributed by atoms with E-state index in [4.69, 9.17) is 11.6 Å². The van der Waals surface area contributed by atoms with Gasteiger partial charge in [0.2, 0.25) is 5.91 Å². The second kappa shape index (κ2) is 7.43. The third kappa shape index (κ3) is 4.00. The van der Waals surface area contributed by atoms with Crippen LogP contribution in [0.15, 0.2) is 42.5 Å². The largest absolute Gasteiger partial charge is 0.341 e. The van der Waals surface area contributed by atoms with Gasteiger partial charge in [-0.25, -0.2) is 9.13 Å². The molecule has 1 aliphatic rings. The molecular formula is C21H22ClN2O4P. The fraction of sp³-hybridized carbons (Fsp3) is 0.333. The van der Waals surface area contributed by atoms with Gasteiger partial charge in [-0.3, -0.25) is 14.5 Å². The zero-order valence-corrected chi connectivity index (χ0v) is 18.3. The summed E-state index contributed by atoms with van der Waals surface area (Å²) in [6, 6.07) is 11.8. The van der Waals surface area contributed by atoms with Gasteiger partial charge in [-0.15, -0.1) is 0 Å². The molecule has 1 heterocycles. The molecule has 0 fully saturated rings. The highest BCUT2D eigenvalue weighted by atomic mass is 35.5. The van der Waals surface area contributed by atoms with Crippen LogP contribution in [0.25, 0.3) is 0 Å². The van der Waals surface area contributed by atoms with Crippen LogP contribution in [0.4, 0.5) is 11.4 Å². The molecule has 0 unspecified atom stereocenters. The molecule has 0 saturated carbocycles. The first kappa shape index (κ1) is 21.3. The second-order valence-electron chi connectivity index (χ2n) is 8.23. The molecule has 152 valence electrons. The van der Waals surface area contributed by atoms with Crippen LogP contribution in [0.5, 0.6) is 0 Å². The molecule has 0 radical (unpaired) electrons. The van der Waals surface area contributed by atoms with Gasteiger partial charge in [0.05, 0.1) is 0 Å². The Morgan fingerprint density at radius 2 is 1.76 bits per heavy atom. The Balaban J connectivity index is 2.06. The van der Waals surface area contributed by atoms with Gasteiger partial charge >= 0.3 is 7.68 Å². The first-order valence-corrected chi connectivity index (χ1v) is 10.7. The number of halogens is 1. The number of carbonyl (C=O) groups excluding carboxylic acids is 2. The number of nitrogens with one attached hydrogen (secondary N) is 1. The Kier molecular flexibility index (Phi) is 5.46. The molecule has 6 nitrogen and oxygen atoms in total. The van der Waals surface area contributed by atoms with Crippen LogP contribution >= 0.6 is 19.3 Å². The van der Waals surface area contributed by atoms with Gasteiger partial charge in [-0.05, 0) is 55.8 Å². The minimum Gasteiger partial charge on any atom is -0.322 e. The monoisotopic (exact) mass is 432 g/mol. The van der Waals surface area contributed by atoms with Gasteiger partial charge in [0.1, 0.15) is 0 Å². The number of rotatable bonds is 4. The summed E-state index contributed by atoms with van der Waals surface area (Å²) >= 11 is 5.87. The standard InChI is InChI=1S/C21H22ClN2O4P/c1-20(2)12-18(25)24(21(3,4)29(27)28)17-11-13(5-10-16(17)20)19(26)23-15-8-6-14(22)7-9-15/h5-11H,12H2,1-4H3,(H,23,26). The van der Waals surface area contributed by atoms with Crippen LogP contribution in [0.3, 0.4) is 0 Å². The zero-order chi connectivity index (χ0) is 21.6. The molecule has 0 aliphatic carbocycles. The SMILES string of the molecule is CC1(C)CC(=O)N(C(C)(C)P(=O)=O)c2cc(C(=O)Nc3ccc(Cl)cc3)ccc21. The Morgan fingerprint density at radius 3 is 2.34 bits per heavy atom. The third-order valence-electron chi connectivity index (χ3n) is 5.17. The fourth-order valence-corrected chi connectivity index (χ4v) is 4.04. The smallest absolute Gasteiger partial charge is 0.322 e. The number of fused-ring (bicyclic) bond motifs is 1. The lowest BCUT2D eigenvalue weighted by molar-refractivity contribution is -0.120. The lowest BCUT2D eigenvalue weighted by Gasteiger charge is -2.43. The lowest BCUT2D eigenvalue weighted by atomic mass is 9.76. The van der Waals surface area contributed by atoms with Crippen molar-refractivity contribution in [3.8, 4) is 0 Å². The molecule has 1 N–H and O–H groups in total. The van der Waals surface area contributed by atoms with Gasteiger partial charge < -0.3 is 5.32 Å². The molecule has 0 atom stereocenters. The van der Waals surface area contributed by atoms with Gasteiger partial charge in [0, 0.05) is 33.8 Å². The summed E-state index contributed by atoms with van der Waals surface area (Å²) in [5.74, 6) is -0.655. The van der Waals surface area contributed by atoms with Gasteiger partial charge in [-0.1, -0.05) is 31.5 Å². The Bertz CT molecular complexity index is 1050. The average molecular weight is 433 g/mol. The molecular weight excluding hydrogens is 411 g/mol. The zero-order valence-electron chi connectivity index (χ0n) is 16.7. The van der Waals surface area contributed by atoms with Gasteiger partial charge in [0.15, 0.2) is 5.28 Å². The average Bonchev–Trinajstić information content (AvgIpc) is 2.62. The van der Waals surface area contributed by atoms with E-state index in [0.29, 0.717) is 22.0 Å². The predicted octanol–water partition coefficient (Wildman–Crippen LogP) is 5.52. The minimum atomic E-state index is -2.92. The topological polar surface area (TPSA) is 83.6 Å². The third-order valence-corrected chi connectivity index (χ3v) is 6.51. The number of hydrogen-bond acceptors (Lipinski definition) is 4. The maximum atomic E-state index is 12.9. The summed E-state index contributed by atoms with van der Waals surface area (Å²) < 4.78 is 23.8. The fourth-order valence-electron chi connectivity index (χ4n) is 3.53. The van der Waals surface area contributed by atoms with E-state index in [9.17, 15) is 18.7 Å². The number of hydrogen-bond donors (Lipinski definition) is 1. The molecule has 2 aromatic rings. The first-order valence-electron chi connectivity index (χ1n) is 9.12. The van der Waals surface area contributed by atoms with Crippen LogP contribution < -0.4 is 10.2 Å². The summed E-state index contributed by atoms with van der Waals surface area (Å²) in [6.45, 7) is 6.83. The number of anilines is 2. The van der Waals surface area contributed by atoms with Crippen molar-refractivity contribution < 1.29 is 18.7 Å². The molecule has 0 saturated heterocycles. The maximum Gasteiger partial charge on any atom is 0.341 e. The summed E-state index contributed by atoms with van der Waals surface area (Å²) in [4.78, 5) is 26.9.